The number of carbonyl (C=O) groups excluding carboxylic acids is 3. The molecule has 1 aliphatic heterocycles. The van der Waals surface area contributed by atoms with Crippen molar-refractivity contribution < 1.29 is 23.9 Å². The lowest BCUT2D eigenvalue weighted by Gasteiger charge is -2.57. The highest BCUT2D eigenvalue weighted by Gasteiger charge is 2.51. The van der Waals surface area contributed by atoms with Gasteiger partial charge in [0, 0.05) is 15.6 Å². The molecule has 5 fully saturated rings. The van der Waals surface area contributed by atoms with E-state index in [1.165, 1.54) is 50.2 Å². The van der Waals surface area contributed by atoms with Gasteiger partial charge in [0.15, 0.2) is 11.5 Å². The number of imide groups is 2. The number of carbonyl (C=O) groups is 3. The quantitative estimate of drug-likeness (QED) is 0.185. The zero-order valence-electron chi connectivity index (χ0n) is 25.3. The van der Waals surface area contributed by atoms with Gasteiger partial charge < -0.3 is 9.47 Å². The Morgan fingerprint density at radius 1 is 0.935 bits per heavy atom. The van der Waals surface area contributed by atoms with E-state index in [9.17, 15) is 14.4 Å². The van der Waals surface area contributed by atoms with E-state index in [4.69, 9.17) is 32.7 Å². The lowest BCUT2D eigenvalue weighted by molar-refractivity contribution is -0.122. The summed E-state index contributed by atoms with van der Waals surface area (Å²) in [6.45, 7) is 2.36. The molecule has 0 spiro atoms. The molecule has 8 rings (SSSR count). The number of ether oxygens (including phenoxy) is 2. The van der Waals surface area contributed by atoms with Crippen LogP contribution in [0.2, 0.25) is 10.0 Å². The van der Waals surface area contributed by atoms with Crippen molar-refractivity contribution in [1.82, 2.24) is 5.32 Å². The maximum atomic E-state index is 13.7. The average Bonchev–Trinajstić information content (AvgIpc) is 2.99. The van der Waals surface area contributed by atoms with Gasteiger partial charge in [-0.05, 0) is 138 Å². The lowest BCUT2D eigenvalue weighted by atomic mass is 9.48. The molecule has 1 N–H and O–H groups in total. The fourth-order valence-corrected chi connectivity index (χ4v) is 9.39. The van der Waals surface area contributed by atoms with Gasteiger partial charge in [-0.15, -0.1) is 0 Å². The lowest BCUT2D eigenvalue weighted by Crippen LogP contribution is -2.54. The van der Waals surface area contributed by atoms with Crippen LogP contribution in [0.4, 0.5) is 10.5 Å². The minimum Gasteiger partial charge on any atom is -0.490 e. The van der Waals surface area contributed by atoms with Gasteiger partial charge in [0.1, 0.15) is 12.2 Å². The molecule has 4 aliphatic carbocycles. The molecule has 5 aliphatic rings. The number of nitrogens with zero attached hydrogens (tertiary/aromatic N) is 1. The van der Waals surface area contributed by atoms with Crippen LogP contribution in [0.1, 0.15) is 62.1 Å². The Labute approximate surface area is 286 Å². The van der Waals surface area contributed by atoms with Gasteiger partial charge in [-0.25, -0.2) is 9.69 Å². The number of amides is 4. The van der Waals surface area contributed by atoms with Crippen LogP contribution in [0, 0.1) is 17.8 Å². The number of nitrogens with one attached hydrogen (secondary N) is 1. The number of urea groups is 1. The van der Waals surface area contributed by atoms with Crippen LogP contribution in [-0.2, 0) is 21.6 Å². The number of hydrogen-bond donors (Lipinski definition) is 1. The fraction of sp³-hybridized carbons (Fsp3) is 0.361. The van der Waals surface area contributed by atoms with E-state index in [-0.39, 0.29) is 17.6 Å². The second-order valence-electron chi connectivity index (χ2n) is 13.0. The number of rotatable bonds is 8. The zero-order chi connectivity index (χ0) is 32.2. The van der Waals surface area contributed by atoms with E-state index in [1.54, 1.807) is 30.3 Å². The molecule has 10 heteroatoms. The standard InChI is InChI=1S/C36H33BrCl2N2O5/c1-2-45-31-14-20(13-29(37)32(31)46-19-24-3-6-26(38)15-30(24)39)12-28-33(42)40-35(44)41(34(28)43)27-7-4-25(5-8-27)36-16-21-9-22(17-36)11-23(10-21)18-36/h3-8,12-15,21-23H,2,9-11,16-19H2,1H3,(H,40,42,44)/b28-12+. The van der Waals surface area contributed by atoms with Crippen molar-refractivity contribution in [1.29, 1.82) is 0 Å². The normalized spacial score (nSPS) is 26.1. The van der Waals surface area contributed by atoms with Crippen molar-refractivity contribution in [2.75, 3.05) is 11.5 Å². The monoisotopic (exact) mass is 722 g/mol. The largest absolute Gasteiger partial charge is 0.490 e. The van der Waals surface area contributed by atoms with Crippen LogP contribution in [0.5, 0.6) is 11.5 Å². The first-order valence-corrected chi connectivity index (χ1v) is 17.2. The average molecular weight is 724 g/mol. The second-order valence-corrected chi connectivity index (χ2v) is 14.7. The summed E-state index contributed by atoms with van der Waals surface area (Å²) in [7, 11) is 0. The fourth-order valence-electron chi connectivity index (χ4n) is 8.35. The Morgan fingerprint density at radius 2 is 1.61 bits per heavy atom. The van der Waals surface area contributed by atoms with Gasteiger partial charge in [0.2, 0.25) is 0 Å². The SMILES string of the molecule is CCOc1cc(/C=C2\C(=O)NC(=O)N(c3ccc(C45CC6CC(CC(C6)C4)C5)cc3)C2=O)cc(Br)c1OCc1ccc(Cl)cc1Cl. The van der Waals surface area contributed by atoms with Crippen molar-refractivity contribution in [2.24, 2.45) is 17.8 Å². The topological polar surface area (TPSA) is 84.9 Å². The van der Waals surface area contributed by atoms with E-state index < -0.39 is 17.8 Å². The predicted molar refractivity (Wildman–Crippen MR) is 181 cm³/mol. The van der Waals surface area contributed by atoms with Crippen LogP contribution in [0.15, 0.2) is 64.6 Å². The second kappa shape index (κ2) is 12.4. The van der Waals surface area contributed by atoms with Gasteiger partial charge in [0.05, 0.1) is 16.8 Å². The molecular formula is C36H33BrCl2N2O5. The van der Waals surface area contributed by atoms with Crippen molar-refractivity contribution in [2.45, 2.75) is 57.5 Å². The van der Waals surface area contributed by atoms with E-state index >= 15 is 0 Å². The summed E-state index contributed by atoms with van der Waals surface area (Å²) in [6.07, 6.45) is 9.20. The molecule has 4 saturated carbocycles. The number of anilines is 1. The maximum Gasteiger partial charge on any atom is 0.335 e. The molecule has 4 amide bonds. The smallest absolute Gasteiger partial charge is 0.335 e. The Bertz CT molecular complexity index is 1740. The summed E-state index contributed by atoms with van der Waals surface area (Å²) in [4.78, 5) is 40.7. The highest BCUT2D eigenvalue weighted by atomic mass is 79.9. The summed E-state index contributed by atoms with van der Waals surface area (Å²) >= 11 is 15.9. The minimum absolute atomic E-state index is 0.161. The van der Waals surface area contributed by atoms with E-state index in [2.05, 4.69) is 33.4 Å². The third-order valence-corrected chi connectivity index (χ3v) is 11.1. The Balaban J connectivity index is 1.14. The molecule has 0 atom stereocenters. The third-order valence-electron chi connectivity index (χ3n) is 9.91. The molecule has 0 unspecified atom stereocenters. The number of benzene rings is 3. The molecule has 0 aromatic heterocycles. The van der Waals surface area contributed by atoms with Gasteiger partial charge >= 0.3 is 6.03 Å². The van der Waals surface area contributed by atoms with E-state index in [0.29, 0.717) is 43.9 Å². The molecule has 1 saturated heterocycles. The van der Waals surface area contributed by atoms with Crippen molar-refractivity contribution in [3.8, 4) is 11.5 Å². The molecule has 3 aromatic rings. The first-order valence-electron chi connectivity index (χ1n) is 15.7. The molecular weight excluding hydrogens is 691 g/mol. The Morgan fingerprint density at radius 3 is 2.24 bits per heavy atom. The van der Waals surface area contributed by atoms with Gasteiger partial charge in [-0.2, -0.15) is 0 Å². The van der Waals surface area contributed by atoms with Crippen LogP contribution in [0.3, 0.4) is 0 Å². The predicted octanol–water partition coefficient (Wildman–Crippen LogP) is 8.87. The highest BCUT2D eigenvalue weighted by molar-refractivity contribution is 9.10. The number of hydrogen-bond acceptors (Lipinski definition) is 5. The van der Waals surface area contributed by atoms with Crippen LogP contribution >= 0.6 is 39.1 Å². The zero-order valence-corrected chi connectivity index (χ0v) is 28.4. The Hall–Kier alpha value is -3.33. The summed E-state index contributed by atoms with van der Waals surface area (Å²) < 4.78 is 12.5. The maximum absolute atomic E-state index is 13.7. The van der Waals surface area contributed by atoms with Crippen molar-refractivity contribution >= 4 is 68.7 Å². The van der Waals surface area contributed by atoms with Crippen LogP contribution < -0.4 is 19.7 Å². The third kappa shape index (κ3) is 5.84. The summed E-state index contributed by atoms with van der Waals surface area (Å²) in [5.41, 5.74) is 3.01. The first-order chi connectivity index (χ1) is 22.1. The van der Waals surface area contributed by atoms with Crippen LogP contribution in [0.25, 0.3) is 6.08 Å². The number of barbiturate groups is 1. The Kier molecular flexibility index (Phi) is 8.41. The molecule has 3 aromatic carbocycles. The molecule has 0 radical (unpaired) electrons. The highest BCUT2D eigenvalue weighted by Crippen LogP contribution is 2.60. The first kappa shape index (κ1) is 31.3. The molecule has 4 bridgehead atoms. The number of halogens is 3. The van der Waals surface area contributed by atoms with Crippen molar-refractivity contribution in [3.05, 3.63) is 91.4 Å². The van der Waals surface area contributed by atoms with Gasteiger partial charge in [-0.3, -0.25) is 14.9 Å². The summed E-state index contributed by atoms with van der Waals surface area (Å²) in [6, 6.07) is 15.6. The van der Waals surface area contributed by atoms with Gasteiger partial charge in [-0.1, -0.05) is 41.4 Å². The van der Waals surface area contributed by atoms with E-state index in [0.717, 1.165) is 28.2 Å². The summed E-state index contributed by atoms with van der Waals surface area (Å²) in [5, 5.41) is 3.34. The van der Waals surface area contributed by atoms with Crippen LogP contribution in [-0.4, -0.2) is 24.5 Å². The summed E-state index contributed by atoms with van der Waals surface area (Å²) in [5.74, 6) is 1.82. The molecule has 1 heterocycles. The molecule has 238 valence electrons. The minimum atomic E-state index is -0.768. The molecule has 7 nitrogen and oxygen atoms in total. The molecule has 46 heavy (non-hydrogen) atoms. The van der Waals surface area contributed by atoms with Gasteiger partial charge in [0.25, 0.3) is 11.8 Å². The van der Waals surface area contributed by atoms with E-state index in [1.807, 2.05) is 19.1 Å². The van der Waals surface area contributed by atoms with Crippen molar-refractivity contribution in [3.63, 3.8) is 0 Å².